The minimum atomic E-state index is -0.203. The van der Waals surface area contributed by atoms with E-state index in [1.165, 1.54) is 0 Å². The lowest BCUT2D eigenvalue weighted by Gasteiger charge is -2.14. The molecule has 0 amide bonds. The molecule has 2 unspecified atom stereocenters. The minimum Gasteiger partial charge on any atom is -0.491 e. The van der Waals surface area contributed by atoms with Gasteiger partial charge in [0.15, 0.2) is 6.29 Å². The highest BCUT2D eigenvalue weighted by Crippen LogP contribution is 2.24. The number of hydrogen-bond donors (Lipinski definition) is 0. The van der Waals surface area contributed by atoms with Gasteiger partial charge in [-0.05, 0) is 43.3 Å². The molecular weight excluding hydrogens is 360 g/mol. The summed E-state index contributed by atoms with van der Waals surface area (Å²) < 4.78 is 22.8. The molecule has 0 N–H and O–H groups in total. The maximum Gasteiger partial charge on any atom is 0.170 e. The maximum atomic E-state index is 5.75. The molecule has 5 heteroatoms. The van der Waals surface area contributed by atoms with Gasteiger partial charge in [-0.1, -0.05) is 34.1 Å². The Balaban J connectivity index is 1.48. The van der Waals surface area contributed by atoms with Crippen LogP contribution in [0.1, 0.15) is 6.92 Å². The van der Waals surface area contributed by atoms with Crippen LogP contribution in [-0.2, 0) is 9.47 Å². The van der Waals surface area contributed by atoms with E-state index in [-0.39, 0.29) is 17.2 Å². The fraction of sp³-hybridized carbons (Fsp3) is 0.333. The van der Waals surface area contributed by atoms with Crippen LogP contribution in [0.2, 0.25) is 0 Å². The molecule has 4 nitrogen and oxygen atoms in total. The van der Waals surface area contributed by atoms with Crippen molar-refractivity contribution in [3.8, 4) is 17.2 Å². The van der Waals surface area contributed by atoms with E-state index in [4.69, 9.17) is 18.9 Å². The van der Waals surface area contributed by atoms with Gasteiger partial charge in [-0.2, -0.15) is 0 Å². The zero-order valence-corrected chi connectivity index (χ0v) is 14.4. The van der Waals surface area contributed by atoms with Crippen molar-refractivity contribution in [3.05, 3.63) is 54.6 Å². The lowest BCUT2D eigenvalue weighted by molar-refractivity contribution is -0.0590. The number of benzene rings is 2. The van der Waals surface area contributed by atoms with Crippen molar-refractivity contribution in [3.63, 3.8) is 0 Å². The molecule has 2 aromatic carbocycles. The number of para-hydroxylation sites is 1. The molecule has 1 aliphatic rings. The van der Waals surface area contributed by atoms with E-state index in [1.54, 1.807) is 0 Å². The number of rotatable bonds is 6. The van der Waals surface area contributed by atoms with Gasteiger partial charge in [0.05, 0.1) is 11.4 Å². The molecule has 23 heavy (non-hydrogen) atoms. The highest BCUT2D eigenvalue weighted by molar-refractivity contribution is 9.09. The molecule has 3 rings (SSSR count). The van der Waals surface area contributed by atoms with Crippen LogP contribution in [0.3, 0.4) is 0 Å². The number of ether oxygens (including phenoxy) is 4. The molecule has 1 aliphatic heterocycles. The fourth-order valence-corrected chi connectivity index (χ4v) is 2.49. The van der Waals surface area contributed by atoms with E-state index in [0.717, 1.165) is 17.2 Å². The monoisotopic (exact) mass is 378 g/mol. The minimum absolute atomic E-state index is 0.0414. The Morgan fingerprint density at radius 1 is 1.04 bits per heavy atom. The quantitative estimate of drug-likeness (QED) is 0.698. The van der Waals surface area contributed by atoms with Crippen LogP contribution in [0.4, 0.5) is 0 Å². The van der Waals surface area contributed by atoms with Gasteiger partial charge >= 0.3 is 0 Å². The lowest BCUT2D eigenvalue weighted by atomic mass is 10.3. The summed E-state index contributed by atoms with van der Waals surface area (Å²) in [6.07, 6.45) is -0.245. The van der Waals surface area contributed by atoms with Crippen molar-refractivity contribution in [1.82, 2.24) is 0 Å². The number of halogens is 1. The molecule has 0 radical (unpaired) electrons. The Labute approximate surface area is 144 Å². The second-order valence-corrected chi connectivity index (χ2v) is 6.78. The Kier molecular flexibility index (Phi) is 5.54. The van der Waals surface area contributed by atoms with E-state index in [1.807, 2.05) is 61.5 Å². The molecule has 1 fully saturated rings. The summed E-state index contributed by atoms with van der Waals surface area (Å²) in [4.78, 5) is 0.168. The first-order valence-electron chi connectivity index (χ1n) is 7.57. The van der Waals surface area contributed by atoms with Gasteiger partial charge in [-0.15, -0.1) is 0 Å². The fourth-order valence-electron chi connectivity index (χ4n) is 2.22. The summed E-state index contributed by atoms with van der Waals surface area (Å²) in [5, 5.41) is 0. The Bertz CT molecular complexity index is 600. The van der Waals surface area contributed by atoms with Crippen LogP contribution in [0.5, 0.6) is 17.2 Å². The highest BCUT2D eigenvalue weighted by atomic mass is 79.9. The highest BCUT2D eigenvalue weighted by Gasteiger charge is 2.29. The van der Waals surface area contributed by atoms with Gasteiger partial charge in [-0.3, -0.25) is 0 Å². The second-order valence-electron chi connectivity index (χ2n) is 5.33. The summed E-state index contributed by atoms with van der Waals surface area (Å²) in [5.41, 5.74) is 0. The largest absolute Gasteiger partial charge is 0.491 e. The maximum absolute atomic E-state index is 5.75. The van der Waals surface area contributed by atoms with E-state index in [2.05, 4.69) is 15.9 Å². The van der Waals surface area contributed by atoms with Gasteiger partial charge in [0.1, 0.15) is 30.0 Å². The van der Waals surface area contributed by atoms with Gasteiger partial charge in [0, 0.05) is 0 Å². The standard InChI is InChI=1S/C18H19BrO4/c1-13(19)18-21-12-17(23-18)11-20-14-7-9-16(10-8-14)22-15-5-3-2-4-6-15/h2-10,13,17-18H,11-12H2,1H3/t13?,17-,18?/m0/s1. The molecule has 3 atom stereocenters. The molecule has 1 heterocycles. The zero-order valence-electron chi connectivity index (χ0n) is 12.9. The average molecular weight is 379 g/mol. The van der Waals surface area contributed by atoms with Crippen molar-refractivity contribution >= 4 is 15.9 Å². The third-order valence-electron chi connectivity index (χ3n) is 3.39. The van der Waals surface area contributed by atoms with Crippen LogP contribution < -0.4 is 9.47 Å². The average Bonchev–Trinajstić information content (AvgIpc) is 3.04. The second kappa shape index (κ2) is 7.81. The van der Waals surface area contributed by atoms with Gasteiger partial charge in [-0.25, -0.2) is 0 Å². The van der Waals surface area contributed by atoms with Gasteiger partial charge in [0.2, 0.25) is 0 Å². The van der Waals surface area contributed by atoms with Crippen molar-refractivity contribution in [2.24, 2.45) is 0 Å². The zero-order chi connectivity index (χ0) is 16.1. The van der Waals surface area contributed by atoms with Crippen molar-refractivity contribution in [1.29, 1.82) is 0 Å². The first-order chi connectivity index (χ1) is 11.2. The van der Waals surface area contributed by atoms with Crippen LogP contribution in [0, 0.1) is 0 Å². The molecule has 1 saturated heterocycles. The third kappa shape index (κ3) is 4.70. The number of hydrogen-bond acceptors (Lipinski definition) is 4. The van der Waals surface area contributed by atoms with E-state index in [9.17, 15) is 0 Å². The van der Waals surface area contributed by atoms with Crippen molar-refractivity contribution < 1.29 is 18.9 Å². The van der Waals surface area contributed by atoms with Crippen molar-refractivity contribution in [2.45, 2.75) is 24.1 Å². The van der Waals surface area contributed by atoms with Crippen molar-refractivity contribution in [2.75, 3.05) is 13.2 Å². The van der Waals surface area contributed by atoms with Crippen LogP contribution in [0.25, 0.3) is 0 Å². The predicted octanol–water partition coefficient (Wildman–Crippen LogP) is 4.38. The van der Waals surface area contributed by atoms with E-state index < -0.39 is 0 Å². The molecule has 0 bridgehead atoms. The summed E-state index contributed by atoms with van der Waals surface area (Å²) in [7, 11) is 0. The SMILES string of the molecule is CC(Br)C1OC[C@H](COc2ccc(Oc3ccccc3)cc2)O1. The van der Waals surface area contributed by atoms with E-state index in [0.29, 0.717) is 13.2 Å². The molecular formula is C18H19BrO4. The van der Waals surface area contributed by atoms with E-state index >= 15 is 0 Å². The molecule has 0 saturated carbocycles. The van der Waals surface area contributed by atoms with Gasteiger partial charge in [0.25, 0.3) is 0 Å². The first-order valence-corrected chi connectivity index (χ1v) is 8.49. The molecule has 0 spiro atoms. The lowest BCUT2D eigenvalue weighted by Crippen LogP contribution is -2.23. The third-order valence-corrected chi connectivity index (χ3v) is 3.82. The van der Waals surface area contributed by atoms with Crippen LogP contribution >= 0.6 is 15.9 Å². The Morgan fingerprint density at radius 3 is 2.35 bits per heavy atom. The van der Waals surface area contributed by atoms with Crippen LogP contribution in [-0.4, -0.2) is 30.4 Å². The molecule has 0 aliphatic carbocycles. The molecule has 2 aromatic rings. The Hall–Kier alpha value is -1.56. The molecule has 0 aromatic heterocycles. The smallest absolute Gasteiger partial charge is 0.170 e. The predicted molar refractivity (Wildman–Crippen MR) is 91.5 cm³/mol. The summed E-state index contributed by atoms with van der Waals surface area (Å²) >= 11 is 3.46. The summed E-state index contributed by atoms with van der Waals surface area (Å²) in [5.74, 6) is 2.37. The first kappa shape index (κ1) is 16.3. The van der Waals surface area contributed by atoms with Gasteiger partial charge < -0.3 is 18.9 Å². The topological polar surface area (TPSA) is 36.9 Å². The summed E-state index contributed by atoms with van der Waals surface area (Å²) in [6, 6.07) is 17.2. The Morgan fingerprint density at radius 2 is 1.70 bits per heavy atom. The normalized spacial score (nSPS) is 21.8. The summed E-state index contributed by atoms with van der Waals surface area (Å²) in [6.45, 7) is 3.02. The number of alkyl halides is 1. The van der Waals surface area contributed by atoms with Crippen LogP contribution in [0.15, 0.2) is 54.6 Å². The molecule has 122 valence electrons.